The molecule has 0 fully saturated rings. The molecule has 0 atom stereocenters. The third-order valence-electron chi connectivity index (χ3n) is 2.94. The molecule has 0 amide bonds. The summed E-state index contributed by atoms with van der Waals surface area (Å²) in [6.45, 7) is 0.521. The van der Waals surface area contributed by atoms with Crippen molar-refractivity contribution in [2.24, 2.45) is 16.5 Å². The van der Waals surface area contributed by atoms with E-state index in [0.29, 0.717) is 11.7 Å². The molecule has 0 spiro atoms. The Hall–Kier alpha value is -3.12. The van der Waals surface area contributed by atoms with E-state index in [-0.39, 0.29) is 11.9 Å². The first-order chi connectivity index (χ1) is 11.0. The number of anilines is 1. The van der Waals surface area contributed by atoms with Gasteiger partial charge >= 0.3 is 0 Å². The number of nitrogens with zero attached hydrogens (tertiary/aromatic N) is 4. The molecule has 8 nitrogen and oxygen atoms in total. The van der Waals surface area contributed by atoms with Crippen molar-refractivity contribution in [2.45, 2.75) is 6.54 Å². The first kappa shape index (κ1) is 16.3. The number of rotatable bonds is 4. The van der Waals surface area contributed by atoms with Crippen LogP contribution in [0.3, 0.4) is 0 Å². The average molecular weight is 328 g/mol. The highest BCUT2D eigenvalue weighted by atomic mass is 32.1. The van der Waals surface area contributed by atoms with Crippen molar-refractivity contribution >= 4 is 28.4 Å². The number of hydrogen-bond donors (Lipinski definition) is 4. The lowest BCUT2D eigenvalue weighted by atomic mass is 10.1. The second-order valence-corrected chi connectivity index (χ2v) is 5.56. The molecule has 0 aliphatic rings. The van der Waals surface area contributed by atoms with Gasteiger partial charge < -0.3 is 21.7 Å². The van der Waals surface area contributed by atoms with Gasteiger partial charge in [-0.3, -0.25) is 5.41 Å². The number of nitrogens with two attached hydrogens (primary N) is 2. The lowest BCUT2D eigenvalue weighted by Gasteiger charge is -2.17. The molecule has 2 aromatic rings. The SMILES string of the molecule is CN(Cc1cccc(-c2csc(NC(=N)N)n2)c1)C(N)=NC#N. The van der Waals surface area contributed by atoms with Gasteiger partial charge in [-0.25, -0.2) is 4.98 Å². The Bertz CT molecular complexity index is 773. The summed E-state index contributed by atoms with van der Waals surface area (Å²) in [5, 5.41) is 20.9. The largest absolute Gasteiger partial charge is 0.370 e. The van der Waals surface area contributed by atoms with Gasteiger partial charge in [-0.1, -0.05) is 18.2 Å². The predicted octanol–water partition coefficient (Wildman–Crippen LogP) is 1.34. The second kappa shape index (κ2) is 7.24. The van der Waals surface area contributed by atoms with Gasteiger partial charge in [-0.15, -0.1) is 16.3 Å². The molecule has 1 aromatic heterocycles. The molecule has 1 heterocycles. The molecule has 6 N–H and O–H groups in total. The zero-order valence-corrected chi connectivity index (χ0v) is 13.3. The molecular weight excluding hydrogens is 312 g/mol. The van der Waals surface area contributed by atoms with Crippen LogP contribution in [0.25, 0.3) is 11.3 Å². The second-order valence-electron chi connectivity index (χ2n) is 4.70. The summed E-state index contributed by atoms with van der Waals surface area (Å²) in [7, 11) is 1.76. The Morgan fingerprint density at radius 2 is 2.30 bits per heavy atom. The number of hydrogen-bond acceptors (Lipinski definition) is 5. The van der Waals surface area contributed by atoms with Crippen molar-refractivity contribution in [2.75, 3.05) is 12.4 Å². The van der Waals surface area contributed by atoms with Gasteiger partial charge in [0.15, 0.2) is 11.1 Å². The number of nitrogens with one attached hydrogen (secondary N) is 2. The summed E-state index contributed by atoms with van der Waals surface area (Å²) < 4.78 is 0. The number of benzene rings is 1. The average Bonchev–Trinajstić information content (AvgIpc) is 2.95. The Morgan fingerprint density at radius 1 is 1.52 bits per heavy atom. The van der Waals surface area contributed by atoms with E-state index >= 15 is 0 Å². The first-order valence-corrected chi connectivity index (χ1v) is 7.47. The maximum atomic E-state index is 8.53. The van der Waals surface area contributed by atoms with E-state index in [9.17, 15) is 0 Å². The van der Waals surface area contributed by atoms with Crippen LogP contribution < -0.4 is 16.8 Å². The van der Waals surface area contributed by atoms with Crippen LogP contribution in [0, 0.1) is 16.9 Å². The van der Waals surface area contributed by atoms with Crippen LogP contribution >= 0.6 is 11.3 Å². The highest BCUT2D eigenvalue weighted by Gasteiger charge is 2.08. The maximum absolute atomic E-state index is 8.53. The van der Waals surface area contributed by atoms with Gasteiger partial charge in [-0.05, 0) is 11.6 Å². The fourth-order valence-corrected chi connectivity index (χ4v) is 2.63. The number of aliphatic imine (C=N–C) groups is 1. The van der Waals surface area contributed by atoms with E-state index in [2.05, 4.69) is 15.3 Å². The summed E-state index contributed by atoms with van der Waals surface area (Å²) in [5.74, 6) is 0.0213. The quantitative estimate of drug-likeness (QED) is 0.379. The highest BCUT2D eigenvalue weighted by Crippen LogP contribution is 2.25. The molecule has 0 saturated carbocycles. The third-order valence-corrected chi connectivity index (χ3v) is 3.70. The Kier molecular flexibility index (Phi) is 5.11. The van der Waals surface area contributed by atoms with Crippen molar-refractivity contribution in [3.63, 3.8) is 0 Å². The minimum Gasteiger partial charge on any atom is -0.370 e. The summed E-state index contributed by atoms with van der Waals surface area (Å²) >= 11 is 1.38. The van der Waals surface area contributed by atoms with E-state index in [1.165, 1.54) is 11.3 Å². The van der Waals surface area contributed by atoms with Crippen LogP contribution in [0.4, 0.5) is 5.13 Å². The lowest BCUT2D eigenvalue weighted by molar-refractivity contribution is 0.495. The molecule has 0 aliphatic carbocycles. The van der Waals surface area contributed by atoms with E-state index in [0.717, 1.165) is 16.8 Å². The number of thiazole rings is 1. The molecule has 0 saturated heterocycles. The van der Waals surface area contributed by atoms with Crippen LogP contribution in [-0.2, 0) is 6.54 Å². The van der Waals surface area contributed by atoms with E-state index in [1.54, 1.807) is 18.1 Å². The van der Waals surface area contributed by atoms with Gasteiger partial charge in [0.2, 0.25) is 12.2 Å². The molecule has 9 heteroatoms. The fraction of sp³-hybridized carbons (Fsp3) is 0.143. The first-order valence-electron chi connectivity index (χ1n) is 6.59. The minimum absolute atomic E-state index is 0.145. The Labute approximate surface area is 137 Å². The number of aromatic nitrogens is 1. The molecule has 0 bridgehead atoms. The van der Waals surface area contributed by atoms with Gasteiger partial charge in [0.25, 0.3) is 0 Å². The van der Waals surface area contributed by atoms with Crippen LogP contribution in [0.5, 0.6) is 0 Å². The van der Waals surface area contributed by atoms with Crippen molar-refractivity contribution in [3.05, 3.63) is 35.2 Å². The molecule has 0 aliphatic heterocycles. The monoisotopic (exact) mass is 328 g/mol. The lowest BCUT2D eigenvalue weighted by Crippen LogP contribution is -2.33. The molecule has 0 unspecified atom stereocenters. The summed E-state index contributed by atoms with van der Waals surface area (Å²) in [4.78, 5) is 9.58. The van der Waals surface area contributed by atoms with Crippen LogP contribution in [0.15, 0.2) is 34.6 Å². The van der Waals surface area contributed by atoms with Gasteiger partial charge in [-0.2, -0.15) is 5.26 Å². The smallest absolute Gasteiger partial charge is 0.209 e. The standard InChI is InChI=1S/C14H16N8S/c1-22(13(18)19-8-15)6-9-3-2-4-10(5-9)11-7-23-14(20-11)21-12(16)17/h2-5,7H,6H2,1H3,(H2,18,19)(H4,16,17,20,21). The van der Waals surface area contributed by atoms with Crippen molar-refractivity contribution in [3.8, 4) is 17.5 Å². The predicted molar refractivity (Wildman–Crippen MR) is 91.8 cm³/mol. The van der Waals surface area contributed by atoms with Gasteiger partial charge in [0, 0.05) is 24.5 Å². The van der Waals surface area contributed by atoms with E-state index < -0.39 is 0 Å². The molecule has 23 heavy (non-hydrogen) atoms. The maximum Gasteiger partial charge on any atom is 0.209 e. The van der Waals surface area contributed by atoms with Crippen LogP contribution in [0.2, 0.25) is 0 Å². The summed E-state index contributed by atoms with van der Waals surface area (Å²) in [5.41, 5.74) is 13.7. The summed E-state index contributed by atoms with van der Waals surface area (Å²) in [6.07, 6.45) is 1.67. The van der Waals surface area contributed by atoms with Gasteiger partial charge in [0.1, 0.15) is 0 Å². The third kappa shape index (κ3) is 4.42. The zero-order chi connectivity index (χ0) is 16.8. The van der Waals surface area contributed by atoms with Crippen molar-refractivity contribution in [1.82, 2.24) is 9.88 Å². The van der Waals surface area contributed by atoms with Crippen molar-refractivity contribution < 1.29 is 0 Å². The molecule has 118 valence electrons. The summed E-state index contributed by atoms with van der Waals surface area (Å²) in [6, 6.07) is 7.82. The van der Waals surface area contributed by atoms with Gasteiger partial charge in [0.05, 0.1) is 5.69 Å². The Morgan fingerprint density at radius 3 is 3.00 bits per heavy atom. The normalized spacial score (nSPS) is 10.9. The number of guanidine groups is 2. The topological polar surface area (TPSA) is 140 Å². The fourth-order valence-electron chi connectivity index (χ4n) is 1.90. The molecular formula is C14H16N8S. The Balaban J connectivity index is 2.17. The minimum atomic E-state index is -0.145. The zero-order valence-electron chi connectivity index (χ0n) is 12.4. The van der Waals surface area contributed by atoms with Crippen molar-refractivity contribution in [1.29, 1.82) is 10.7 Å². The molecule has 0 radical (unpaired) electrons. The molecule has 2 rings (SSSR count). The van der Waals surface area contributed by atoms with E-state index in [4.69, 9.17) is 22.1 Å². The molecule has 1 aromatic carbocycles. The van der Waals surface area contributed by atoms with Crippen LogP contribution in [-0.4, -0.2) is 28.9 Å². The van der Waals surface area contributed by atoms with E-state index in [1.807, 2.05) is 29.6 Å². The highest BCUT2D eigenvalue weighted by molar-refractivity contribution is 7.14. The van der Waals surface area contributed by atoms with Crippen LogP contribution in [0.1, 0.15) is 5.56 Å². The number of nitriles is 1.